The number of ether oxygens (including phenoxy) is 3. The second kappa shape index (κ2) is 50.0. The van der Waals surface area contributed by atoms with Gasteiger partial charge in [0.2, 0.25) is 0 Å². The Bertz CT molecular complexity index is 1070. The zero-order valence-electron chi connectivity index (χ0n) is 40.4. The van der Waals surface area contributed by atoms with Crippen LogP contribution in [0.4, 0.5) is 0 Å². The molecule has 0 amide bonds. The molecule has 0 radical (unpaired) electrons. The molecule has 0 saturated carbocycles. The van der Waals surface area contributed by atoms with Crippen LogP contribution in [-0.4, -0.2) is 37.2 Å². The van der Waals surface area contributed by atoms with Crippen molar-refractivity contribution in [3.05, 3.63) is 48.6 Å². The van der Waals surface area contributed by atoms with Gasteiger partial charge in [0.25, 0.3) is 0 Å². The van der Waals surface area contributed by atoms with Gasteiger partial charge >= 0.3 is 17.9 Å². The molecular weight excluding hydrogens is 757 g/mol. The van der Waals surface area contributed by atoms with Gasteiger partial charge in [0.15, 0.2) is 6.10 Å². The molecule has 0 bridgehead atoms. The van der Waals surface area contributed by atoms with E-state index in [0.29, 0.717) is 19.3 Å². The molecule has 61 heavy (non-hydrogen) atoms. The number of rotatable bonds is 47. The summed E-state index contributed by atoms with van der Waals surface area (Å²) < 4.78 is 16.8. The van der Waals surface area contributed by atoms with Gasteiger partial charge in [0.1, 0.15) is 13.2 Å². The first-order chi connectivity index (χ1) is 30.0. The summed E-state index contributed by atoms with van der Waals surface area (Å²) in [6.45, 7) is 6.50. The van der Waals surface area contributed by atoms with Gasteiger partial charge in [-0.25, -0.2) is 0 Å². The molecule has 0 fully saturated rings. The fourth-order valence-corrected chi connectivity index (χ4v) is 7.44. The van der Waals surface area contributed by atoms with E-state index in [-0.39, 0.29) is 31.1 Å². The molecule has 1 unspecified atom stereocenters. The standard InChI is InChI=1S/C55H98O6/c1-4-7-10-13-16-19-22-24-26-27-28-30-31-33-36-39-42-45-48-54(57)60-51-52(50-59-53(56)47-44-41-38-35-21-18-15-12-9-6-3)61-55(58)49-46-43-40-37-34-32-29-25-23-20-17-14-11-8-5-2/h8,11,14,17,20,23,28,30,52H,4-7,9-10,12-13,15-16,18-19,21-22,24-27,29,31-51H2,1-3H3/b11-8-,17-14-,23-20-,30-28-. The number of carbonyl (C=O) groups is 3. The maximum atomic E-state index is 12.8. The summed E-state index contributed by atoms with van der Waals surface area (Å²) in [4.78, 5) is 37.9. The van der Waals surface area contributed by atoms with Gasteiger partial charge < -0.3 is 14.2 Å². The molecule has 0 aromatic rings. The third-order valence-corrected chi connectivity index (χ3v) is 11.4. The fourth-order valence-electron chi connectivity index (χ4n) is 7.44. The minimum Gasteiger partial charge on any atom is -0.462 e. The average molecular weight is 855 g/mol. The Morgan fingerprint density at radius 3 is 1.03 bits per heavy atom. The maximum Gasteiger partial charge on any atom is 0.306 e. The SMILES string of the molecule is CC\C=C/C=C\C=C/CCCCCCCCCC(=O)OC(COC(=O)CCCCCCC/C=C\CCCCCCCCCCC)COC(=O)CCCCCCCCCCCC. The lowest BCUT2D eigenvalue weighted by atomic mass is 10.1. The van der Waals surface area contributed by atoms with Crippen LogP contribution >= 0.6 is 0 Å². The van der Waals surface area contributed by atoms with Crippen LogP contribution in [0.3, 0.4) is 0 Å². The third kappa shape index (κ3) is 48.3. The van der Waals surface area contributed by atoms with Crippen molar-refractivity contribution in [1.82, 2.24) is 0 Å². The van der Waals surface area contributed by atoms with Gasteiger partial charge in [-0.2, -0.15) is 0 Å². The molecule has 354 valence electrons. The molecule has 0 aromatic heterocycles. The van der Waals surface area contributed by atoms with Gasteiger partial charge in [-0.3, -0.25) is 14.4 Å². The number of esters is 3. The molecule has 0 aromatic carbocycles. The predicted octanol–water partition coefficient (Wildman–Crippen LogP) is 17.1. The lowest BCUT2D eigenvalue weighted by Gasteiger charge is -2.18. The lowest BCUT2D eigenvalue weighted by molar-refractivity contribution is -0.167. The van der Waals surface area contributed by atoms with Crippen molar-refractivity contribution in [2.24, 2.45) is 0 Å². The molecule has 0 heterocycles. The molecule has 1 atom stereocenters. The van der Waals surface area contributed by atoms with Crippen molar-refractivity contribution < 1.29 is 28.6 Å². The van der Waals surface area contributed by atoms with Gasteiger partial charge in [-0.1, -0.05) is 230 Å². The molecule has 0 rings (SSSR count). The van der Waals surface area contributed by atoms with E-state index < -0.39 is 6.10 Å². The van der Waals surface area contributed by atoms with E-state index in [4.69, 9.17) is 14.2 Å². The average Bonchev–Trinajstić information content (AvgIpc) is 3.26. The van der Waals surface area contributed by atoms with Gasteiger partial charge in [0, 0.05) is 19.3 Å². The molecule has 0 spiro atoms. The van der Waals surface area contributed by atoms with Crippen LogP contribution in [0.25, 0.3) is 0 Å². The molecular formula is C55H98O6. The molecule has 6 nitrogen and oxygen atoms in total. The maximum absolute atomic E-state index is 12.8. The first-order valence-corrected chi connectivity index (χ1v) is 26.2. The molecule has 0 N–H and O–H groups in total. The Morgan fingerprint density at radius 1 is 0.344 bits per heavy atom. The van der Waals surface area contributed by atoms with Gasteiger partial charge in [0.05, 0.1) is 0 Å². The van der Waals surface area contributed by atoms with Gasteiger partial charge in [-0.05, 0) is 64.2 Å². The summed E-state index contributed by atoms with van der Waals surface area (Å²) in [7, 11) is 0. The highest BCUT2D eigenvalue weighted by Gasteiger charge is 2.19. The largest absolute Gasteiger partial charge is 0.462 e. The summed E-state index contributed by atoms with van der Waals surface area (Å²) in [5.41, 5.74) is 0. The van der Waals surface area contributed by atoms with E-state index in [0.717, 1.165) is 77.0 Å². The Hall–Kier alpha value is -2.63. The predicted molar refractivity (Wildman–Crippen MR) is 261 cm³/mol. The Kier molecular flexibility index (Phi) is 47.9. The quantitative estimate of drug-likeness (QED) is 0.0199. The first-order valence-electron chi connectivity index (χ1n) is 26.2. The minimum atomic E-state index is -0.779. The van der Waals surface area contributed by atoms with Crippen molar-refractivity contribution in [2.45, 2.75) is 271 Å². The van der Waals surface area contributed by atoms with Crippen molar-refractivity contribution >= 4 is 17.9 Å². The first kappa shape index (κ1) is 58.4. The van der Waals surface area contributed by atoms with Crippen LogP contribution < -0.4 is 0 Å². The van der Waals surface area contributed by atoms with Crippen LogP contribution in [0.5, 0.6) is 0 Å². The highest BCUT2D eigenvalue weighted by molar-refractivity contribution is 5.71. The summed E-state index contributed by atoms with van der Waals surface area (Å²) >= 11 is 0. The number of unbranched alkanes of at least 4 members (excludes halogenated alkanes) is 30. The lowest BCUT2D eigenvalue weighted by Crippen LogP contribution is -2.30. The molecule has 0 aliphatic heterocycles. The summed E-state index contributed by atoms with van der Waals surface area (Å²) in [5.74, 6) is -0.894. The summed E-state index contributed by atoms with van der Waals surface area (Å²) in [5, 5.41) is 0. The van der Waals surface area contributed by atoms with E-state index in [9.17, 15) is 14.4 Å². The second-order valence-electron chi connectivity index (χ2n) is 17.5. The third-order valence-electron chi connectivity index (χ3n) is 11.4. The topological polar surface area (TPSA) is 78.9 Å². The fraction of sp³-hybridized carbons (Fsp3) is 0.800. The van der Waals surface area contributed by atoms with Crippen LogP contribution in [0.1, 0.15) is 265 Å². The Balaban J connectivity index is 4.34. The normalized spacial score (nSPS) is 12.4. The monoisotopic (exact) mass is 855 g/mol. The zero-order valence-corrected chi connectivity index (χ0v) is 40.4. The molecule has 0 aliphatic rings. The van der Waals surface area contributed by atoms with Crippen LogP contribution in [0, 0.1) is 0 Å². The van der Waals surface area contributed by atoms with Crippen molar-refractivity contribution in [1.29, 1.82) is 0 Å². The summed E-state index contributed by atoms with van der Waals surface area (Å²) in [6, 6.07) is 0. The van der Waals surface area contributed by atoms with Crippen molar-refractivity contribution in [3.8, 4) is 0 Å². The second-order valence-corrected chi connectivity index (χ2v) is 17.5. The number of hydrogen-bond donors (Lipinski definition) is 0. The van der Waals surface area contributed by atoms with E-state index in [1.165, 1.54) is 148 Å². The number of carbonyl (C=O) groups excluding carboxylic acids is 3. The Labute approximate surface area is 378 Å². The molecule has 6 heteroatoms. The van der Waals surface area contributed by atoms with Crippen molar-refractivity contribution in [3.63, 3.8) is 0 Å². The highest BCUT2D eigenvalue weighted by atomic mass is 16.6. The molecule has 0 aliphatic carbocycles. The van der Waals surface area contributed by atoms with E-state index >= 15 is 0 Å². The van der Waals surface area contributed by atoms with Crippen LogP contribution in [0.2, 0.25) is 0 Å². The minimum absolute atomic E-state index is 0.0787. The van der Waals surface area contributed by atoms with Crippen LogP contribution in [-0.2, 0) is 28.6 Å². The number of hydrogen-bond acceptors (Lipinski definition) is 6. The van der Waals surface area contributed by atoms with E-state index in [2.05, 4.69) is 69.4 Å². The number of allylic oxidation sites excluding steroid dienone is 8. The smallest absolute Gasteiger partial charge is 0.306 e. The van der Waals surface area contributed by atoms with Crippen molar-refractivity contribution in [2.75, 3.05) is 13.2 Å². The van der Waals surface area contributed by atoms with E-state index in [1.54, 1.807) is 0 Å². The zero-order chi connectivity index (χ0) is 44.4. The van der Waals surface area contributed by atoms with E-state index in [1.807, 2.05) is 0 Å². The summed E-state index contributed by atoms with van der Waals surface area (Å²) in [6.07, 6.45) is 59.5. The Morgan fingerprint density at radius 2 is 0.656 bits per heavy atom. The van der Waals surface area contributed by atoms with Crippen LogP contribution in [0.15, 0.2) is 48.6 Å². The molecule has 0 saturated heterocycles. The highest BCUT2D eigenvalue weighted by Crippen LogP contribution is 2.15. The van der Waals surface area contributed by atoms with Gasteiger partial charge in [-0.15, -0.1) is 0 Å².